The average Bonchev–Trinajstić information content (AvgIpc) is 3.23. The molecule has 1 N–H and O–H groups in total. The largest absolute Gasteiger partial charge is 0.382 e. The summed E-state index contributed by atoms with van der Waals surface area (Å²) in [6.07, 6.45) is 4.41. The summed E-state index contributed by atoms with van der Waals surface area (Å²) >= 11 is 0. The van der Waals surface area contributed by atoms with E-state index < -0.39 is 0 Å². The van der Waals surface area contributed by atoms with Crippen LogP contribution in [0.4, 0.5) is 0 Å². The van der Waals surface area contributed by atoms with Crippen LogP contribution in [-0.4, -0.2) is 98.2 Å². The molecular weight excluding hydrogens is 469 g/mol. The van der Waals surface area contributed by atoms with Crippen LogP contribution in [0.1, 0.15) is 46.5 Å². The van der Waals surface area contributed by atoms with E-state index in [1.54, 1.807) is 0 Å². The maximum Gasteiger partial charge on any atom is 0.239 e. The third-order valence-corrected chi connectivity index (χ3v) is 5.43. The zero-order valence-electron chi connectivity index (χ0n) is 18.0. The first-order valence-corrected chi connectivity index (χ1v) is 10.8. The average molecular weight is 509 g/mol. The van der Waals surface area contributed by atoms with Crippen LogP contribution in [-0.2, 0) is 9.53 Å². The Morgan fingerprint density at radius 2 is 1.71 bits per heavy atom. The molecule has 0 saturated carbocycles. The SMILES string of the molecule is CCNC(=NCCCCOCC)N1CCN(C(C)C(=O)N2CCCC2)CC1.I. The molecule has 0 aromatic heterocycles. The maximum atomic E-state index is 12.6. The van der Waals surface area contributed by atoms with Gasteiger partial charge < -0.3 is 19.9 Å². The summed E-state index contributed by atoms with van der Waals surface area (Å²) in [4.78, 5) is 24.1. The van der Waals surface area contributed by atoms with Crippen molar-refractivity contribution in [3.8, 4) is 0 Å². The summed E-state index contributed by atoms with van der Waals surface area (Å²) in [6.45, 7) is 15.1. The molecule has 0 aromatic carbocycles. The quantitative estimate of drug-likeness (QED) is 0.223. The van der Waals surface area contributed by atoms with Crippen molar-refractivity contribution < 1.29 is 9.53 Å². The number of halogens is 1. The third kappa shape index (κ3) is 8.02. The van der Waals surface area contributed by atoms with Gasteiger partial charge in [0.2, 0.25) is 5.91 Å². The molecule has 2 heterocycles. The minimum atomic E-state index is -0.0108. The lowest BCUT2D eigenvalue weighted by Crippen LogP contribution is -2.57. The number of ether oxygens (including phenoxy) is 1. The normalized spacial score (nSPS) is 19.5. The summed E-state index contributed by atoms with van der Waals surface area (Å²) in [5, 5.41) is 3.42. The lowest BCUT2D eigenvalue weighted by atomic mass is 10.2. The molecule has 0 aromatic rings. The molecule has 28 heavy (non-hydrogen) atoms. The molecule has 0 radical (unpaired) electrons. The first kappa shape index (κ1) is 25.4. The highest BCUT2D eigenvalue weighted by atomic mass is 127. The van der Waals surface area contributed by atoms with Crippen LogP contribution in [0.25, 0.3) is 0 Å². The van der Waals surface area contributed by atoms with E-state index in [1.807, 2.05) is 11.8 Å². The van der Waals surface area contributed by atoms with Gasteiger partial charge in [0.15, 0.2) is 5.96 Å². The molecule has 2 aliphatic heterocycles. The van der Waals surface area contributed by atoms with Crippen molar-refractivity contribution in [1.29, 1.82) is 0 Å². The molecule has 2 aliphatic rings. The summed E-state index contributed by atoms with van der Waals surface area (Å²) in [6, 6.07) is -0.0108. The number of unbranched alkanes of at least 4 members (excludes halogenated alkanes) is 1. The number of hydrogen-bond donors (Lipinski definition) is 1. The Bertz CT molecular complexity index is 464. The zero-order valence-corrected chi connectivity index (χ0v) is 20.3. The molecule has 0 aliphatic carbocycles. The Morgan fingerprint density at radius 1 is 1.04 bits per heavy atom. The molecule has 0 spiro atoms. The Balaban J connectivity index is 0.00000392. The zero-order chi connectivity index (χ0) is 19.5. The second-order valence-corrected chi connectivity index (χ2v) is 7.37. The van der Waals surface area contributed by atoms with Crippen molar-refractivity contribution in [2.45, 2.75) is 52.5 Å². The van der Waals surface area contributed by atoms with Gasteiger partial charge in [0.25, 0.3) is 0 Å². The first-order chi connectivity index (χ1) is 13.2. The van der Waals surface area contributed by atoms with Gasteiger partial charge in [-0.15, -0.1) is 24.0 Å². The summed E-state index contributed by atoms with van der Waals surface area (Å²) in [7, 11) is 0. The number of aliphatic imine (C=N–C) groups is 1. The van der Waals surface area contributed by atoms with E-state index in [0.717, 1.165) is 97.2 Å². The van der Waals surface area contributed by atoms with E-state index >= 15 is 0 Å². The van der Waals surface area contributed by atoms with Gasteiger partial charge in [0.1, 0.15) is 0 Å². The molecule has 1 unspecified atom stereocenters. The molecule has 2 fully saturated rings. The summed E-state index contributed by atoms with van der Waals surface area (Å²) in [5.74, 6) is 1.31. The van der Waals surface area contributed by atoms with Crippen LogP contribution < -0.4 is 5.32 Å². The first-order valence-electron chi connectivity index (χ1n) is 10.8. The van der Waals surface area contributed by atoms with E-state index in [1.165, 1.54) is 0 Å². The molecule has 1 atom stereocenters. The number of likely N-dealkylation sites (tertiary alicyclic amines) is 1. The van der Waals surface area contributed by atoms with E-state index in [-0.39, 0.29) is 30.0 Å². The highest BCUT2D eigenvalue weighted by Crippen LogP contribution is 2.14. The molecule has 2 saturated heterocycles. The number of nitrogens with one attached hydrogen (secondary N) is 1. The number of nitrogens with zero attached hydrogens (tertiary/aromatic N) is 4. The number of piperazine rings is 1. The molecule has 7 nitrogen and oxygen atoms in total. The molecule has 2 rings (SSSR count). The second kappa shape index (κ2) is 14.4. The number of rotatable bonds is 9. The minimum absolute atomic E-state index is 0. The van der Waals surface area contributed by atoms with Crippen LogP contribution in [0, 0.1) is 0 Å². The van der Waals surface area contributed by atoms with E-state index in [2.05, 4.69) is 29.0 Å². The van der Waals surface area contributed by atoms with Gasteiger partial charge in [-0.2, -0.15) is 0 Å². The van der Waals surface area contributed by atoms with Gasteiger partial charge in [-0.25, -0.2) is 0 Å². The Kier molecular flexibility index (Phi) is 13.1. The summed E-state index contributed by atoms with van der Waals surface area (Å²) in [5.41, 5.74) is 0. The van der Waals surface area contributed by atoms with E-state index in [9.17, 15) is 4.79 Å². The van der Waals surface area contributed by atoms with Crippen molar-refractivity contribution in [2.75, 3.05) is 65.6 Å². The topological polar surface area (TPSA) is 60.4 Å². The lowest BCUT2D eigenvalue weighted by Gasteiger charge is -2.39. The Hall–Kier alpha value is -0.610. The van der Waals surface area contributed by atoms with Crippen molar-refractivity contribution in [3.05, 3.63) is 0 Å². The standard InChI is InChI=1S/C20H39N5O2.HI/c1-4-21-20(22-10-6-9-17-27-5-2)25-15-13-23(14-16-25)18(3)19(26)24-11-7-8-12-24;/h18H,4-17H2,1-3H3,(H,21,22);1H. The van der Waals surface area contributed by atoms with Crippen LogP contribution in [0.15, 0.2) is 4.99 Å². The van der Waals surface area contributed by atoms with Gasteiger partial charge in [0, 0.05) is 65.6 Å². The number of carbonyl (C=O) groups excluding carboxylic acids is 1. The van der Waals surface area contributed by atoms with E-state index in [0.29, 0.717) is 5.91 Å². The Labute approximate surface area is 188 Å². The highest BCUT2D eigenvalue weighted by molar-refractivity contribution is 14.0. The van der Waals surface area contributed by atoms with Gasteiger partial charge in [-0.1, -0.05) is 0 Å². The highest BCUT2D eigenvalue weighted by Gasteiger charge is 2.30. The number of carbonyl (C=O) groups is 1. The van der Waals surface area contributed by atoms with Gasteiger partial charge >= 0.3 is 0 Å². The molecule has 8 heteroatoms. The van der Waals surface area contributed by atoms with Gasteiger partial charge in [-0.05, 0) is 46.5 Å². The van der Waals surface area contributed by atoms with Crippen LogP contribution in [0.5, 0.6) is 0 Å². The second-order valence-electron chi connectivity index (χ2n) is 7.37. The third-order valence-electron chi connectivity index (χ3n) is 5.43. The maximum absolute atomic E-state index is 12.6. The van der Waals surface area contributed by atoms with Crippen molar-refractivity contribution >= 4 is 35.8 Å². The van der Waals surface area contributed by atoms with Crippen molar-refractivity contribution in [1.82, 2.24) is 20.0 Å². The van der Waals surface area contributed by atoms with Crippen LogP contribution in [0.3, 0.4) is 0 Å². The monoisotopic (exact) mass is 509 g/mol. The lowest BCUT2D eigenvalue weighted by molar-refractivity contribution is -0.135. The van der Waals surface area contributed by atoms with Crippen molar-refractivity contribution in [3.63, 3.8) is 0 Å². The van der Waals surface area contributed by atoms with Crippen molar-refractivity contribution in [2.24, 2.45) is 4.99 Å². The van der Waals surface area contributed by atoms with Crippen LogP contribution in [0.2, 0.25) is 0 Å². The van der Waals surface area contributed by atoms with Crippen LogP contribution >= 0.6 is 24.0 Å². The smallest absolute Gasteiger partial charge is 0.239 e. The fourth-order valence-corrected chi connectivity index (χ4v) is 3.75. The number of guanidine groups is 1. The fraction of sp³-hybridized carbons (Fsp3) is 0.900. The Morgan fingerprint density at radius 3 is 2.32 bits per heavy atom. The molecule has 0 bridgehead atoms. The number of amides is 1. The molecule has 164 valence electrons. The molecular formula is C20H40IN5O2. The van der Waals surface area contributed by atoms with Gasteiger partial charge in [0.05, 0.1) is 6.04 Å². The predicted octanol–water partition coefficient (Wildman–Crippen LogP) is 2.02. The predicted molar refractivity (Wildman–Crippen MR) is 126 cm³/mol. The minimum Gasteiger partial charge on any atom is -0.382 e. The summed E-state index contributed by atoms with van der Waals surface area (Å²) < 4.78 is 5.38. The van der Waals surface area contributed by atoms with Gasteiger partial charge in [-0.3, -0.25) is 14.7 Å². The molecule has 1 amide bonds. The van der Waals surface area contributed by atoms with E-state index in [4.69, 9.17) is 9.73 Å². The fourth-order valence-electron chi connectivity index (χ4n) is 3.75. The number of hydrogen-bond acceptors (Lipinski definition) is 4.